The highest BCUT2D eigenvalue weighted by atomic mass is 79.9. The van der Waals surface area contributed by atoms with Crippen LogP contribution in [0.1, 0.15) is 0 Å². The van der Waals surface area contributed by atoms with Crippen molar-refractivity contribution in [2.75, 3.05) is 25.5 Å². The summed E-state index contributed by atoms with van der Waals surface area (Å²) in [7, 11) is 1.64. The van der Waals surface area contributed by atoms with Gasteiger partial charge in [-0.25, -0.2) is 9.97 Å². The molecule has 5 nitrogen and oxygen atoms in total. The molecule has 0 bridgehead atoms. The van der Waals surface area contributed by atoms with E-state index in [0.29, 0.717) is 19.0 Å². The Hall–Kier alpha value is -1.66. The molecule has 0 aliphatic carbocycles. The van der Waals surface area contributed by atoms with Crippen molar-refractivity contribution < 1.29 is 4.74 Å². The van der Waals surface area contributed by atoms with Crippen molar-refractivity contribution in [3.8, 4) is 16.9 Å². The smallest absolute Gasteiger partial charge is 0.222 e. The first-order valence-corrected chi connectivity index (χ1v) is 6.64. The van der Waals surface area contributed by atoms with Gasteiger partial charge in [0.1, 0.15) is 5.75 Å². The molecule has 2 rings (SSSR count). The van der Waals surface area contributed by atoms with Gasteiger partial charge in [-0.15, -0.1) is 0 Å². The van der Waals surface area contributed by atoms with Crippen molar-refractivity contribution in [1.82, 2.24) is 9.97 Å². The monoisotopic (exact) mass is 322 g/mol. The van der Waals surface area contributed by atoms with Crippen molar-refractivity contribution in [3.63, 3.8) is 0 Å². The van der Waals surface area contributed by atoms with E-state index in [9.17, 15) is 0 Å². The minimum atomic E-state index is 0.552. The van der Waals surface area contributed by atoms with Gasteiger partial charge in [0.2, 0.25) is 5.95 Å². The van der Waals surface area contributed by atoms with Gasteiger partial charge >= 0.3 is 0 Å². The van der Waals surface area contributed by atoms with Gasteiger partial charge in [-0.2, -0.15) is 0 Å². The molecule has 0 unspecified atom stereocenters. The van der Waals surface area contributed by atoms with Crippen LogP contribution in [0.3, 0.4) is 0 Å². The van der Waals surface area contributed by atoms with Gasteiger partial charge in [0.25, 0.3) is 0 Å². The number of nitrogens with one attached hydrogen (secondary N) is 1. The summed E-state index contributed by atoms with van der Waals surface area (Å²) < 4.78 is 6.10. The number of nitrogens with zero attached hydrogens (tertiary/aromatic N) is 2. The fraction of sp³-hybridized carbons (Fsp3) is 0.231. The van der Waals surface area contributed by atoms with Crippen LogP contribution in [-0.4, -0.2) is 30.2 Å². The van der Waals surface area contributed by atoms with E-state index in [0.717, 1.165) is 21.3 Å². The maximum absolute atomic E-state index is 5.41. The number of hydrogen-bond donors (Lipinski definition) is 2. The summed E-state index contributed by atoms with van der Waals surface area (Å²) in [6.07, 6.45) is 3.56. The SMILES string of the molecule is COc1ccc(-c2cnc(NCCN)nc2)cc1Br. The van der Waals surface area contributed by atoms with E-state index in [4.69, 9.17) is 10.5 Å². The Balaban J connectivity index is 2.19. The van der Waals surface area contributed by atoms with Crippen molar-refractivity contribution >= 4 is 21.9 Å². The summed E-state index contributed by atoms with van der Waals surface area (Å²) in [6, 6.07) is 5.85. The van der Waals surface area contributed by atoms with E-state index < -0.39 is 0 Å². The van der Waals surface area contributed by atoms with Gasteiger partial charge in [0.05, 0.1) is 11.6 Å². The molecule has 0 saturated heterocycles. The van der Waals surface area contributed by atoms with Gasteiger partial charge in [0, 0.05) is 31.0 Å². The number of anilines is 1. The molecule has 19 heavy (non-hydrogen) atoms. The molecule has 0 fully saturated rings. The van der Waals surface area contributed by atoms with E-state index in [1.54, 1.807) is 19.5 Å². The summed E-state index contributed by atoms with van der Waals surface area (Å²) in [6.45, 7) is 1.21. The Kier molecular flexibility index (Phi) is 4.70. The Labute approximate surface area is 120 Å². The maximum Gasteiger partial charge on any atom is 0.222 e. The molecule has 0 atom stereocenters. The van der Waals surface area contributed by atoms with Crippen LogP contribution in [0.5, 0.6) is 5.75 Å². The highest BCUT2D eigenvalue weighted by Gasteiger charge is 2.04. The third-order valence-corrected chi connectivity index (χ3v) is 3.18. The van der Waals surface area contributed by atoms with E-state index in [2.05, 4.69) is 31.2 Å². The van der Waals surface area contributed by atoms with E-state index in [1.807, 2.05) is 18.2 Å². The first kappa shape index (κ1) is 13.8. The number of methoxy groups -OCH3 is 1. The van der Waals surface area contributed by atoms with Crippen LogP contribution in [0.2, 0.25) is 0 Å². The molecule has 100 valence electrons. The van der Waals surface area contributed by atoms with Crippen LogP contribution >= 0.6 is 15.9 Å². The van der Waals surface area contributed by atoms with Crippen LogP contribution in [0.25, 0.3) is 11.1 Å². The minimum absolute atomic E-state index is 0.552. The second kappa shape index (κ2) is 6.49. The molecule has 2 aromatic rings. The zero-order valence-electron chi connectivity index (χ0n) is 10.6. The number of aromatic nitrogens is 2. The maximum atomic E-state index is 5.41. The first-order valence-electron chi connectivity index (χ1n) is 5.84. The number of benzene rings is 1. The van der Waals surface area contributed by atoms with Crippen LogP contribution in [0.4, 0.5) is 5.95 Å². The zero-order valence-corrected chi connectivity index (χ0v) is 12.1. The van der Waals surface area contributed by atoms with Crippen LogP contribution < -0.4 is 15.8 Å². The average molecular weight is 323 g/mol. The van der Waals surface area contributed by atoms with Crippen LogP contribution in [0, 0.1) is 0 Å². The summed E-state index contributed by atoms with van der Waals surface area (Å²) in [5, 5.41) is 3.03. The molecule has 0 amide bonds. The molecule has 0 saturated carbocycles. The van der Waals surface area contributed by atoms with Crippen LogP contribution in [-0.2, 0) is 0 Å². The van der Waals surface area contributed by atoms with Gasteiger partial charge in [-0.05, 0) is 33.6 Å². The summed E-state index contributed by atoms with van der Waals surface area (Å²) in [5.41, 5.74) is 7.38. The topological polar surface area (TPSA) is 73.1 Å². The van der Waals surface area contributed by atoms with Crippen molar-refractivity contribution in [2.45, 2.75) is 0 Å². The summed E-state index contributed by atoms with van der Waals surface area (Å²) >= 11 is 3.46. The predicted molar refractivity (Wildman–Crippen MR) is 79.3 cm³/mol. The van der Waals surface area contributed by atoms with E-state index >= 15 is 0 Å². The van der Waals surface area contributed by atoms with Crippen molar-refractivity contribution in [1.29, 1.82) is 0 Å². The highest BCUT2D eigenvalue weighted by Crippen LogP contribution is 2.30. The molecule has 0 aliphatic heterocycles. The Morgan fingerprint density at radius 2 is 2.00 bits per heavy atom. The number of halogens is 1. The van der Waals surface area contributed by atoms with Crippen molar-refractivity contribution in [3.05, 3.63) is 35.1 Å². The number of rotatable bonds is 5. The summed E-state index contributed by atoms with van der Waals surface area (Å²) in [4.78, 5) is 8.48. The molecule has 0 spiro atoms. The molecular formula is C13H15BrN4O. The molecular weight excluding hydrogens is 308 g/mol. The van der Waals surface area contributed by atoms with Crippen LogP contribution in [0.15, 0.2) is 35.1 Å². The predicted octanol–water partition coefficient (Wildman–Crippen LogP) is 2.29. The number of ether oxygens (including phenoxy) is 1. The molecule has 0 radical (unpaired) electrons. The van der Waals surface area contributed by atoms with Gasteiger partial charge in [-0.1, -0.05) is 6.07 Å². The first-order chi connectivity index (χ1) is 9.24. The molecule has 1 heterocycles. The molecule has 1 aromatic heterocycles. The normalized spacial score (nSPS) is 10.3. The Bertz CT molecular complexity index is 545. The van der Waals surface area contributed by atoms with E-state index in [-0.39, 0.29) is 0 Å². The lowest BCUT2D eigenvalue weighted by atomic mass is 10.1. The third kappa shape index (κ3) is 3.42. The largest absolute Gasteiger partial charge is 0.496 e. The third-order valence-electron chi connectivity index (χ3n) is 2.56. The lowest BCUT2D eigenvalue weighted by Crippen LogP contribution is -2.14. The fourth-order valence-corrected chi connectivity index (χ4v) is 2.14. The molecule has 1 aromatic carbocycles. The lowest BCUT2D eigenvalue weighted by Gasteiger charge is -2.07. The van der Waals surface area contributed by atoms with Gasteiger partial charge in [-0.3, -0.25) is 0 Å². The minimum Gasteiger partial charge on any atom is -0.496 e. The van der Waals surface area contributed by atoms with Crippen molar-refractivity contribution in [2.24, 2.45) is 5.73 Å². The molecule has 0 aliphatic rings. The highest BCUT2D eigenvalue weighted by molar-refractivity contribution is 9.10. The fourth-order valence-electron chi connectivity index (χ4n) is 1.60. The molecule has 6 heteroatoms. The number of nitrogens with two attached hydrogens (primary N) is 1. The van der Waals surface area contributed by atoms with Gasteiger partial charge in [0.15, 0.2) is 0 Å². The zero-order chi connectivity index (χ0) is 13.7. The van der Waals surface area contributed by atoms with Gasteiger partial charge < -0.3 is 15.8 Å². The molecule has 3 N–H and O–H groups in total. The standard InChI is InChI=1S/C13H15BrN4O/c1-19-12-3-2-9(6-11(12)14)10-7-17-13(18-8-10)16-5-4-15/h2-3,6-8H,4-5,15H2,1H3,(H,16,17,18). The quantitative estimate of drug-likeness (QED) is 0.883. The Morgan fingerprint density at radius 1 is 1.26 bits per heavy atom. The lowest BCUT2D eigenvalue weighted by molar-refractivity contribution is 0.412. The second-order valence-corrected chi connectivity index (χ2v) is 4.71. The summed E-state index contributed by atoms with van der Waals surface area (Å²) in [5.74, 6) is 1.38. The number of hydrogen-bond acceptors (Lipinski definition) is 5. The second-order valence-electron chi connectivity index (χ2n) is 3.86. The van der Waals surface area contributed by atoms with E-state index in [1.165, 1.54) is 0 Å². The Morgan fingerprint density at radius 3 is 2.58 bits per heavy atom. The average Bonchev–Trinajstić information content (AvgIpc) is 2.45.